The molecule has 0 rings (SSSR count). The molecule has 4 N–H and O–H groups in total. The molecule has 0 spiro atoms. The first-order valence-corrected chi connectivity index (χ1v) is 1.52. The van der Waals surface area contributed by atoms with Gasteiger partial charge in [-0.1, -0.05) is 0 Å². The molecule has 1 atom stereocenters. The van der Waals surface area contributed by atoms with E-state index in [-0.39, 0.29) is 6.29 Å². The Morgan fingerprint density at radius 2 is 2.29 bits per heavy atom. The van der Waals surface area contributed by atoms with Crippen LogP contribution in [0, 0.1) is 0 Å². The Morgan fingerprint density at radius 3 is 2.29 bits per heavy atom. The summed E-state index contributed by atoms with van der Waals surface area (Å²) in [6.45, 7) is 0. The smallest absolute Gasteiger partial charge is 0.385 e. The average molecular weight is 103 g/mol. The summed E-state index contributed by atoms with van der Waals surface area (Å²) in [4.78, 5) is 19.2. The first-order valence-electron chi connectivity index (χ1n) is 1.52. The maximum absolute atomic E-state index is 9.79. The molecule has 1 amide bonds. The third-order valence-corrected chi connectivity index (χ3v) is 0.372. The third-order valence-electron chi connectivity index (χ3n) is 0.372. The van der Waals surface area contributed by atoms with Crippen LogP contribution in [-0.2, 0) is 9.59 Å². The Balaban J connectivity index is 3.56. The molecule has 0 heterocycles. The van der Waals surface area contributed by atoms with Gasteiger partial charge in [-0.2, -0.15) is 5.84 Å². The topological polar surface area (TPSA) is 88.4 Å². The fourth-order valence-corrected chi connectivity index (χ4v) is 0.0635. The van der Waals surface area contributed by atoms with Crippen LogP contribution >= 0.6 is 0 Å². The van der Waals surface area contributed by atoms with Gasteiger partial charge in [-0.3, -0.25) is 9.91 Å². The summed E-state index contributed by atoms with van der Waals surface area (Å²) in [5.41, 5.74) is 0. The van der Waals surface area contributed by atoms with Crippen molar-refractivity contribution in [2.45, 2.75) is 0 Å². The number of carbonyl (C=O) groups is 2. The Kier molecular flexibility index (Phi) is 2.14. The molecule has 40 valence electrons. The Hall–Kier alpha value is -0.780. The molecule has 0 aliphatic carbocycles. The van der Waals surface area contributed by atoms with Crippen molar-refractivity contribution in [3.8, 4) is 0 Å². The molecule has 0 bridgehead atoms. The molecule has 0 aliphatic rings. The normalized spacial score (nSPS) is 12.9. The zero-order valence-corrected chi connectivity index (χ0v) is 3.47. The van der Waals surface area contributed by atoms with E-state index in [0.717, 1.165) is 0 Å². The number of nitrogens with one attached hydrogen (secondary N) is 2. The number of carbonyl (C=O) groups excluding carboxylic acids is 2. The van der Waals surface area contributed by atoms with Crippen LogP contribution in [0.1, 0.15) is 0 Å². The molecule has 1 unspecified atom stereocenters. The van der Waals surface area contributed by atoms with E-state index in [1.165, 1.54) is 0 Å². The highest BCUT2D eigenvalue weighted by molar-refractivity contribution is 6.18. The number of quaternary nitrogens is 1. The van der Waals surface area contributed by atoms with E-state index in [2.05, 4.69) is 5.84 Å². The van der Waals surface area contributed by atoms with Crippen molar-refractivity contribution in [3.63, 3.8) is 0 Å². The number of rotatable bonds is 1. The van der Waals surface area contributed by atoms with Gasteiger partial charge in [0.05, 0.1) is 0 Å². The van der Waals surface area contributed by atoms with E-state index in [0.29, 0.717) is 0 Å². The van der Waals surface area contributed by atoms with E-state index in [9.17, 15) is 9.59 Å². The lowest BCUT2D eigenvalue weighted by molar-refractivity contribution is -0.773. The lowest BCUT2D eigenvalue weighted by Crippen LogP contribution is -3.14. The number of aldehydes is 1. The lowest BCUT2D eigenvalue weighted by Gasteiger charge is -2.03. The van der Waals surface area contributed by atoms with Gasteiger partial charge in [0.1, 0.15) is 0 Å². The van der Waals surface area contributed by atoms with Crippen molar-refractivity contribution in [3.05, 3.63) is 5.84 Å². The SMILES string of the molecule is [NH-][NH+](N)C(=O)C=O. The molecule has 0 aromatic heterocycles. The molecule has 7 heavy (non-hydrogen) atoms. The van der Waals surface area contributed by atoms with Crippen LogP contribution in [0.3, 0.4) is 0 Å². The standard InChI is InChI=1S/C2H5N3O2/c3-5(4)2(7)1-6/h1,3,5H,4H2. The van der Waals surface area contributed by atoms with Crippen LogP contribution in [0.5, 0.6) is 0 Å². The van der Waals surface area contributed by atoms with Crippen molar-refractivity contribution in [1.82, 2.24) is 0 Å². The van der Waals surface area contributed by atoms with E-state index < -0.39 is 11.0 Å². The highest BCUT2D eigenvalue weighted by Crippen LogP contribution is 1.35. The van der Waals surface area contributed by atoms with Gasteiger partial charge in [-0.25, -0.2) is 4.79 Å². The van der Waals surface area contributed by atoms with Crippen LogP contribution < -0.4 is 11.0 Å². The summed E-state index contributed by atoms with van der Waals surface area (Å²) >= 11 is 0. The van der Waals surface area contributed by atoms with Gasteiger partial charge in [0.15, 0.2) is 0 Å². The maximum Gasteiger partial charge on any atom is 0.385 e. The zero-order valence-electron chi connectivity index (χ0n) is 3.47. The van der Waals surface area contributed by atoms with Gasteiger partial charge in [0.2, 0.25) is 6.29 Å². The van der Waals surface area contributed by atoms with Crippen molar-refractivity contribution >= 4 is 12.2 Å². The zero-order chi connectivity index (χ0) is 5.86. The van der Waals surface area contributed by atoms with Crippen molar-refractivity contribution in [2.75, 3.05) is 0 Å². The molecular weight excluding hydrogens is 98.0 g/mol. The predicted molar refractivity (Wildman–Crippen MR) is 20.5 cm³/mol. The van der Waals surface area contributed by atoms with Crippen LogP contribution in [0.2, 0.25) is 0 Å². The molecule has 0 saturated carbocycles. The van der Waals surface area contributed by atoms with Gasteiger partial charge in [-0.15, -0.1) is 0 Å². The second kappa shape index (κ2) is 2.40. The van der Waals surface area contributed by atoms with Gasteiger partial charge < -0.3 is 5.84 Å². The maximum atomic E-state index is 9.79. The minimum atomic E-state index is -0.972. The van der Waals surface area contributed by atoms with Gasteiger partial charge in [0, 0.05) is 0 Å². The van der Waals surface area contributed by atoms with Crippen LogP contribution in [0.25, 0.3) is 5.84 Å². The fraction of sp³-hybridized carbons (Fsp3) is 0. The third kappa shape index (κ3) is 1.99. The van der Waals surface area contributed by atoms with E-state index in [1.54, 1.807) is 0 Å². The van der Waals surface area contributed by atoms with Gasteiger partial charge in [0.25, 0.3) is 0 Å². The molecule has 0 aromatic carbocycles. The molecular formula is C2H5N3O2. The first kappa shape index (κ1) is 6.22. The highest BCUT2D eigenvalue weighted by atomic mass is 16.2. The molecule has 5 heteroatoms. The molecule has 0 saturated heterocycles. The molecule has 0 aliphatic heterocycles. The summed E-state index contributed by atoms with van der Waals surface area (Å²) in [5, 5.41) is -0.713. The minimum Gasteiger partial charge on any atom is -0.440 e. The summed E-state index contributed by atoms with van der Waals surface area (Å²) in [7, 11) is 0. The van der Waals surface area contributed by atoms with Crippen molar-refractivity contribution < 1.29 is 14.7 Å². The summed E-state index contributed by atoms with van der Waals surface area (Å²) in [5.74, 6) is 9.87. The number of amides is 1. The van der Waals surface area contributed by atoms with Gasteiger partial charge in [-0.05, 0) is 0 Å². The van der Waals surface area contributed by atoms with Gasteiger partial charge >= 0.3 is 5.91 Å². The largest absolute Gasteiger partial charge is 0.440 e. The first-order chi connectivity index (χ1) is 3.18. The Morgan fingerprint density at radius 1 is 1.86 bits per heavy atom. The summed E-state index contributed by atoms with van der Waals surface area (Å²) < 4.78 is 0. The van der Waals surface area contributed by atoms with E-state index in [4.69, 9.17) is 5.84 Å². The van der Waals surface area contributed by atoms with Crippen molar-refractivity contribution in [1.29, 1.82) is 0 Å². The molecule has 0 radical (unpaired) electrons. The monoisotopic (exact) mass is 103 g/mol. The van der Waals surface area contributed by atoms with E-state index in [1.807, 2.05) is 0 Å². The quantitative estimate of drug-likeness (QED) is 0.126. The van der Waals surface area contributed by atoms with E-state index >= 15 is 0 Å². The Bertz CT molecular complexity index is 88.9. The van der Waals surface area contributed by atoms with Crippen LogP contribution in [0.4, 0.5) is 0 Å². The highest BCUT2D eigenvalue weighted by Gasteiger charge is 1.99. The minimum absolute atomic E-state index is 0.00231. The Labute approximate surface area is 39.8 Å². The summed E-state index contributed by atoms with van der Waals surface area (Å²) in [6.07, 6.45) is 0.00231. The fourth-order valence-electron chi connectivity index (χ4n) is 0.0635. The number of hydrogen-bond acceptors (Lipinski definition) is 3. The summed E-state index contributed by atoms with van der Waals surface area (Å²) in [6, 6.07) is 0. The number of hydrogen-bond donors (Lipinski definition) is 2. The predicted octanol–water partition coefficient (Wildman–Crippen LogP) is -2.56. The number of nitrogens with two attached hydrogens (primary N) is 1. The second-order valence-electron chi connectivity index (χ2n) is 0.896. The van der Waals surface area contributed by atoms with Crippen molar-refractivity contribution in [2.24, 2.45) is 5.84 Å². The van der Waals surface area contributed by atoms with Crippen LogP contribution in [-0.4, -0.2) is 12.2 Å². The average Bonchev–Trinajstić information content (AvgIpc) is 1.65. The second-order valence-corrected chi connectivity index (χ2v) is 0.896. The molecule has 0 aromatic rings. The molecule has 5 nitrogen and oxygen atoms in total. The van der Waals surface area contributed by atoms with Crippen LogP contribution in [0.15, 0.2) is 0 Å². The molecule has 0 fully saturated rings. The lowest BCUT2D eigenvalue weighted by atomic mass is 10.7.